The van der Waals surface area contributed by atoms with Crippen molar-refractivity contribution in [2.24, 2.45) is 11.3 Å². The molecular formula is C14H18N2O2S. The quantitative estimate of drug-likeness (QED) is 0.898. The predicted molar refractivity (Wildman–Crippen MR) is 72.9 cm³/mol. The zero-order valence-electron chi connectivity index (χ0n) is 11.2. The van der Waals surface area contributed by atoms with E-state index in [-0.39, 0.29) is 10.3 Å². The molecule has 0 amide bonds. The molecule has 0 aromatic heterocycles. The van der Waals surface area contributed by atoms with Gasteiger partial charge in [-0.15, -0.1) is 0 Å². The second-order valence-electron chi connectivity index (χ2n) is 5.48. The number of nitrogens with one attached hydrogen (secondary N) is 1. The maximum absolute atomic E-state index is 12.1. The highest BCUT2D eigenvalue weighted by atomic mass is 32.2. The van der Waals surface area contributed by atoms with Crippen LogP contribution in [-0.4, -0.2) is 15.0 Å². The monoisotopic (exact) mass is 278 g/mol. The first-order valence-electron chi connectivity index (χ1n) is 6.39. The first-order valence-corrected chi connectivity index (χ1v) is 7.88. The Morgan fingerprint density at radius 2 is 1.89 bits per heavy atom. The molecule has 1 fully saturated rings. The molecule has 5 heteroatoms. The normalized spacial score (nSPS) is 17.2. The molecule has 0 spiro atoms. The Morgan fingerprint density at radius 1 is 1.32 bits per heavy atom. The van der Waals surface area contributed by atoms with Crippen LogP contribution >= 0.6 is 0 Å². The van der Waals surface area contributed by atoms with E-state index >= 15 is 0 Å². The van der Waals surface area contributed by atoms with E-state index in [9.17, 15) is 8.42 Å². The zero-order chi connectivity index (χ0) is 14.1. The van der Waals surface area contributed by atoms with Crippen molar-refractivity contribution in [2.45, 2.75) is 31.6 Å². The molecule has 1 aliphatic rings. The van der Waals surface area contributed by atoms with Crippen LogP contribution in [0, 0.1) is 22.7 Å². The van der Waals surface area contributed by atoms with Crippen LogP contribution in [0.25, 0.3) is 0 Å². The van der Waals surface area contributed by atoms with E-state index in [0.29, 0.717) is 18.0 Å². The number of nitrogens with zero attached hydrogens (tertiary/aromatic N) is 1. The van der Waals surface area contributed by atoms with Gasteiger partial charge in [-0.05, 0) is 48.4 Å². The van der Waals surface area contributed by atoms with Crippen LogP contribution in [0.1, 0.15) is 32.3 Å². The van der Waals surface area contributed by atoms with E-state index in [2.05, 4.69) is 18.6 Å². The van der Waals surface area contributed by atoms with Crippen LogP contribution in [0.2, 0.25) is 0 Å². The summed E-state index contributed by atoms with van der Waals surface area (Å²) in [5.41, 5.74) is 0.597. The van der Waals surface area contributed by atoms with Gasteiger partial charge in [-0.3, -0.25) is 0 Å². The lowest BCUT2D eigenvalue weighted by Crippen LogP contribution is -2.32. The van der Waals surface area contributed by atoms with Crippen LogP contribution in [-0.2, 0) is 10.0 Å². The van der Waals surface area contributed by atoms with Crippen molar-refractivity contribution in [1.82, 2.24) is 4.72 Å². The maximum atomic E-state index is 12.1. The number of hydrogen-bond donors (Lipinski definition) is 1. The molecule has 19 heavy (non-hydrogen) atoms. The van der Waals surface area contributed by atoms with Gasteiger partial charge >= 0.3 is 0 Å². The van der Waals surface area contributed by atoms with Crippen molar-refractivity contribution in [3.63, 3.8) is 0 Å². The summed E-state index contributed by atoms with van der Waals surface area (Å²) >= 11 is 0. The fourth-order valence-electron chi connectivity index (χ4n) is 2.15. The van der Waals surface area contributed by atoms with Gasteiger partial charge in [0.05, 0.1) is 16.5 Å². The topological polar surface area (TPSA) is 70.0 Å². The van der Waals surface area contributed by atoms with Crippen molar-refractivity contribution >= 4 is 10.0 Å². The van der Waals surface area contributed by atoms with Gasteiger partial charge in [0, 0.05) is 6.54 Å². The van der Waals surface area contributed by atoms with Crippen molar-refractivity contribution in [3.8, 4) is 6.07 Å². The molecule has 0 radical (unpaired) electrons. The molecule has 0 aliphatic heterocycles. The molecule has 1 aliphatic carbocycles. The summed E-state index contributed by atoms with van der Waals surface area (Å²) in [5.74, 6) is 0.483. The summed E-state index contributed by atoms with van der Waals surface area (Å²) in [6.07, 6.45) is 2.17. The number of hydrogen-bond acceptors (Lipinski definition) is 3. The van der Waals surface area contributed by atoms with E-state index < -0.39 is 10.0 Å². The van der Waals surface area contributed by atoms with Gasteiger partial charge in [0.2, 0.25) is 10.0 Å². The molecule has 1 saturated carbocycles. The Bertz CT molecular complexity index is 593. The summed E-state index contributed by atoms with van der Waals surface area (Å²) in [7, 11) is -3.47. The van der Waals surface area contributed by atoms with Crippen LogP contribution in [0.3, 0.4) is 0 Å². The minimum atomic E-state index is -3.47. The maximum Gasteiger partial charge on any atom is 0.240 e. The number of nitriles is 1. The van der Waals surface area contributed by atoms with Gasteiger partial charge in [-0.1, -0.05) is 13.8 Å². The first kappa shape index (κ1) is 14.0. The molecule has 1 aromatic rings. The molecule has 1 N–H and O–H groups in total. The Kier molecular flexibility index (Phi) is 3.66. The minimum absolute atomic E-state index is 0.139. The van der Waals surface area contributed by atoms with Crippen molar-refractivity contribution in [2.75, 3.05) is 6.54 Å². The summed E-state index contributed by atoms with van der Waals surface area (Å²) in [5, 5.41) is 8.70. The van der Waals surface area contributed by atoms with Crippen LogP contribution in [0.4, 0.5) is 0 Å². The average Bonchev–Trinajstić information content (AvgIpc) is 3.18. The zero-order valence-corrected chi connectivity index (χ0v) is 12.0. The Labute approximate surface area is 114 Å². The third-order valence-corrected chi connectivity index (χ3v) is 5.44. The standard InChI is InChI=1S/C14H18N2O2S/c1-11(2)14(7-8-14)10-16-19(17,18)13-5-3-12(9-15)4-6-13/h3-6,11,16H,7-8,10H2,1-2H3. The van der Waals surface area contributed by atoms with Gasteiger partial charge in [0.15, 0.2) is 0 Å². The molecule has 0 unspecified atom stereocenters. The van der Waals surface area contributed by atoms with Gasteiger partial charge < -0.3 is 0 Å². The van der Waals surface area contributed by atoms with Crippen molar-refractivity contribution < 1.29 is 8.42 Å². The third-order valence-electron chi connectivity index (χ3n) is 4.02. The Balaban J connectivity index is 2.08. The van der Waals surface area contributed by atoms with E-state index in [4.69, 9.17) is 5.26 Å². The Morgan fingerprint density at radius 3 is 2.32 bits per heavy atom. The first-order chi connectivity index (χ1) is 8.89. The second-order valence-corrected chi connectivity index (χ2v) is 7.24. The average molecular weight is 278 g/mol. The lowest BCUT2D eigenvalue weighted by atomic mass is 9.93. The summed E-state index contributed by atoms with van der Waals surface area (Å²) in [6.45, 7) is 4.75. The third kappa shape index (κ3) is 2.96. The summed E-state index contributed by atoms with van der Waals surface area (Å²) in [4.78, 5) is 0.214. The van der Waals surface area contributed by atoms with E-state index in [1.807, 2.05) is 6.07 Å². The van der Waals surface area contributed by atoms with Crippen LogP contribution in [0.5, 0.6) is 0 Å². The lowest BCUT2D eigenvalue weighted by Gasteiger charge is -2.20. The highest BCUT2D eigenvalue weighted by Crippen LogP contribution is 2.51. The smallest absolute Gasteiger partial charge is 0.211 e. The number of sulfonamides is 1. The summed E-state index contributed by atoms with van der Waals surface area (Å²) in [6, 6.07) is 7.94. The fraction of sp³-hybridized carbons (Fsp3) is 0.500. The molecule has 1 aromatic carbocycles. The molecule has 0 bridgehead atoms. The van der Waals surface area contributed by atoms with E-state index in [1.54, 1.807) is 0 Å². The van der Waals surface area contributed by atoms with Gasteiger partial charge in [0.25, 0.3) is 0 Å². The van der Waals surface area contributed by atoms with Gasteiger partial charge in [-0.25, -0.2) is 13.1 Å². The van der Waals surface area contributed by atoms with E-state index in [1.165, 1.54) is 24.3 Å². The lowest BCUT2D eigenvalue weighted by molar-refractivity contribution is 0.357. The van der Waals surface area contributed by atoms with Crippen molar-refractivity contribution in [3.05, 3.63) is 29.8 Å². The van der Waals surface area contributed by atoms with E-state index in [0.717, 1.165) is 12.8 Å². The largest absolute Gasteiger partial charge is 0.240 e. The highest BCUT2D eigenvalue weighted by Gasteiger charge is 2.45. The SMILES string of the molecule is CC(C)C1(CNS(=O)(=O)c2ccc(C#N)cc2)CC1. The molecule has 0 atom stereocenters. The van der Waals surface area contributed by atoms with Crippen LogP contribution in [0.15, 0.2) is 29.2 Å². The molecule has 102 valence electrons. The second kappa shape index (κ2) is 4.95. The van der Waals surface area contributed by atoms with Crippen LogP contribution < -0.4 is 4.72 Å². The molecule has 0 heterocycles. The molecular weight excluding hydrogens is 260 g/mol. The Hall–Kier alpha value is -1.38. The molecule has 2 rings (SSSR count). The predicted octanol–water partition coefficient (Wildman–Crippen LogP) is 2.27. The number of benzene rings is 1. The molecule has 4 nitrogen and oxygen atoms in total. The van der Waals surface area contributed by atoms with Gasteiger partial charge in [0.1, 0.15) is 0 Å². The molecule has 0 saturated heterocycles. The summed E-state index contributed by atoms with van der Waals surface area (Å²) < 4.78 is 27.0. The van der Waals surface area contributed by atoms with Gasteiger partial charge in [-0.2, -0.15) is 5.26 Å². The van der Waals surface area contributed by atoms with Crippen molar-refractivity contribution in [1.29, 1.82) is 5.26 Å². The minimum Gasteiger partial charge on any atom is -0.211 e. The number of rotatable bonds is 5. The fourth-order valence-corrected chi connectivity index (χ4v) is 3.29. The highest BCUT2D eigenvalue weighted by molar-refractivity contribution is 7.89.